The molecule has 2 amide bonds. The lowest BCUT2D eigenvalue weighted by atomic mass is 10.1. The number of hydrogen-bond donors (Lipinski definition) is 2. The van der Waals surface area contributed by atoms with E-state index in [2.05, 4.69) is 10.6 Å². The number of aryl methyl sites for hydroxylation is 1. The highest BCUT2D eigenvalue weighted by atomic mass is 16.2. The first-order valence-corrected chi connectivity index (χ1v) is 7.10. The van der Waals surface area contributed by atoms with Gasteiger partial charge in [0.2, 0.25) is 5.91 Å². The van der Waals surface area contributed by atoms with Gasteiger partial charge >= 0.3 is 0 Å². The van der Waals surface area contributed by atoms with Crippen LogP contribution in [0.2, 0.25) is 0 Å². The molecular formula is C15H21N3O2. The van der Waals surface area contributed by atoms with Crippen LogP contribution in [0.4, 0.5) is 5.69 Å². The van der Waals surface area contributed by atoms with Crippen molar-refractivity contribution in [3.05, 3.63) is 29.3 Å². The summed E-state index contributed by atoms with van der Waals surface area (Å²) in [5.41, 5.74) is 2.22. The van der Waals surface area contributed by atoms with Gasteiger partial charge in [-0.25, -0.2) is 0 Å². The van der Waals surface area contributed by atoms with Gasteiger partial charge in [-0.05, 0) is 19.1 Å². The van der Waals surface area contributed by atoms with Gasteiger partial charge in [0.25, 0.3) is 5.91 Å². The Kier molecular flexibility index (Phi) is 4.39. The second-order valence-electron chi connectivity index (χ2n) is 4.76. The molecule has 5 nitrogen and oxygen atoms in total. The summed E-state index contributed by atoms with van der Waals surface area (Å²) in [5.74, 6) is -0.170. The quantitative estimate of drug-likeness (QED) is 0.752. The summed E-state index contributed by atoms with van der Waals surface area (Å²) in [4.78, 5) is 26.2. The number of benzene rings is 1. The number of carbonyl (C=O) groups excluding carboxylic acids is 2. The number of anilines is 1. The van der Waals surface area contributed by atoms with Crippen molar-refractivity contribution in [2.24, 2.45) is 0 Å². The molecule has 0 spiro atoms. The molecule has 1 atom stereocenters. The zero-order chi connectivity index (χ0) is 14.7. The van der Waals surface area contributed by atoms with E-state index in [-0.39, 0.29) is 11.8 Å². The van der Waals surface area contributed by atoms with Crippen LogP contribution < -0.4 is 10.6 Å². The Labute approximate surface area is 119 Å². The van der Waals surface area contributed by atoms with Crippen molar-refractivity contribution >= 4 is 17.5 Å². The molecule has 1 saturated heterocycles. The monoisotopic (exact) mass is 275 g/mol. The molecular weight excluding hydrogens is 254 g/mol. The molecule has 3 rings (SSSR count). The zero-order valence-electron chi connectivity index (χ0n) is 12.2. The van der Waals surface area contributed by atoms with E-state index in [1.54, 1.807) is 11.0 Å². The lowest BCUT2D eigenvalue weighted by molar-refractivity contribution is -0.120. The first kappa shape index (κ1) is 14.5. The second kappa shape index (κ2) is 6.05. The van der Waals surface area contributed by atoms with E-state index in [4.69, 9.17) is 0 Å². The van der Waals surface area contributed by atoms with Gasteiger partial charge in [-0.3, -0.25) is 9.59 Å². The van der Waals surface area contributed by atoms with Crippen LogP contribution in [0.15, 0.2) is 18.2 Å². The fourth-order valence-electron chi connectivity index (χ4n) is 2.50. The summed E-state index contributed by atoms with van der Waals surface area (Å²) in [7, 11) is 0. The summed E-state index contributed by atoms with van der Waals surface area (Å²) in [5, 5.41) is 5.98. The highest BCUT2D eigenvalue weighted by Gasteiger charge is 2.36. The second-order valence-corrected chi connectivity index (χ2v) is 4.76. The number of rotatable bonds is 0. The average molecular weight is 275 g/mol. The molecule has 1 fully saturated rings. The Bertz CT molecular complexity index is 528. The normalized spacial score (nSPS) is 20.9. The van der Waals surface area contributed by atoms with Gasteiger partial charge in [-0.2, -0.15) is 0 Å². The van der Waals surface area contributed by atoms with Crippen molar-refractivity contribution in [1.82, 2.24) is 10.2 Å². The SMILES string of the molecule is CC.Cc1ccc2c(c1)C(=O)N1CCNCC1C(=O)N2. The van der Waals surface area contributed by atoms with Gasteiger partial charge in [0, 0.05) is 19.6 Å². The minimum absolute atomic E-state index is 0.0569. The molecule has 5 heteroatoms. The number of amides is 2. The standard InChI is InChI=1S/C13H15N3O2.C2H6/c1-8-2-3-10-9(6-8)13(18)16-5-4-14-7-11(16)12(17)15-10;1-2/h2-3,6,11,14H,4-5,7H2,1H3,(H,15,17);1-2H3. The molecule has 20 heavy (non-hydrogen) atoms. The Morgan fingerprint density at radius 3 is 2.75 bits per heavy atom. The van der Waals surface area contributed by atoms with Crippen molar-refractivity contribution in [2.45, 2.75) is 26.8 Å². The van der Waals surface area contributed by atoms with E-state index in [0.717, 1.165) is 12.1 Å². The number of piperazine rings is 1. The number of carbonyl (C=O) groups is 2. The lowest BCUT2D eigenvalue weighted by Gasteiger charge is -2.33. The van der Waals surface area contributed by atoms with E-state index >= 15 is 0 Å². The Morgan fingerprint density at radius 1 is 1.25 bits per heavy atom. The van der Waals surface area contributed by atoms with Crippen molar-refractivity contribution in [2.75, 3.05) is 25.0 Å². The highest BCUT2D eigenvalue weighted by molar-refractivity contribution is 6.10. The molecule has 0 saturated carbocycles. The van der Waals surface area contributed by atoms with Crippen LogP contribution in [0, 0.1) is 6.92 Å². The molecule has 2 heterocycles. The van der Waals surface area contributed by atoms with Gasteiger partial charge < -0.3 is 15.5 Å². The first-order chi connectivity index (χ1) is 9.66. The van der Waals surface area contributed by atoms with Crippen molar-refractivity contribution in [1.29, 1.82) is 0 Å². The lowest BCUT2D eigenvalue weighted by Crippen LogP contribution is -2.57. The van der Waals surface area contributed by atoms with E-state index in [1.165, 1.54) is 0 Å². The van der Waals surface area contributed by atoms with Gasteiger partial charge in [-0.15, -0.1) is 0 Å². The van der Waals surface area contributed by atoms with Crippen LogP contribution in [0.1, 0.15) is 29.8 Å². The summed E-state index contributed by atoms with van der Waals surface area (Å²) in [6.45, 7) is 7.76. The minimum atomic E-state index is -0.404. The average Bonchev–Trinajstić information content (AvgIpc) is 2.59. The van der Waals surface area contributed by atoms with Crippen molar-refractivity contribution in [3.63, 3.8) is 0 Å². The number of nitrogens with one attached hydrogen (secondary N) is 2. The summed E-state index contributed by atoms with van der Waals surface area (Å²) in [6.07, 6.45) is 0. The van der Waals surface area contributed by atoms with Crippen LogP contribution in [0.25, 0.3) is 0 Å². The summed E-state index contributed by atoms with van der Waals surface area (Å²) in [6, 6.07) is 5.13. The number of nitrogens with zero attached hydrogens (tertiary/aromatic N) is 1. The van der Waals surface area contributed by atoms with Gasteiger partial charge in [0.05, 0.1) is 11.3 Å². The maximum atomic E-state index is 12.5. The maximum absolute atomic E-state index is 12.5. The van der Waals surface area contributed by atoms with E-state index < -0.39 is 6.04 Å². The third-order valence-electron chi connectivity index (χ3n) is 3.47. The number of fused-ring (bicyclic) bond motifs is 2. The third-order valence-corrected chi connectivity index (χ3v) is 3.47. The topological polar surface area (TPSA) is 61.4 Å². The van der Waals surface area contributed by atoms with Crippen LogP contribution in [-0.4, -0.2) is 42.4 Å². The van der Waals surface area contributed by atoms with E-state index in [0.29, 0.717) is 24.3 Å². The van der Waals surface area contributed by atoms with E-state index in [1.807, 2.05) is 32.9 Å². The van der Waals surface area contributed by atoms with Gasteiger partial charge in [0.15, 0.2) is 0 Å². The molecule has 0 radical (unpaired) electrons. The van der Waals surface area contributed by atoms with Crippen molar-refractivity contribution < 1.29 is 9.59 Å². The summed E-state index contributed by atoms with van der Waals surface area (Å²) >= 11 is 0. The van der Waals surface area contributed by atoms with Gasteiger partial charge in [-0.1, -0.05) is 25.5 Å². The third kappa shape index (κ3) is 2.54. The summed E-state index contributed by atoms with van der Waals surface area (Å²) < 4.78 is 0. The first-order valence-electron chi connectivity index (χ1n) is 7.10. The van der Waals surface area contributed by atoms with Crippen LogP contribution >= 0.6 is 0 Å². The van der Waals surface area contributed by atoms with Gasteiger partial charge in [0.1, 0.15) is 6.04 Å². The number of hydrogen-bond acceptors (Lipinski definition) is 3. The molecule has 2 aliphatic rings. The van der Waals surface area contributed by atoms with Crippen LogP contribution in [-0.2, 0) is 4.79 Å². The van der Waals surface area contributed by atoms with E-state index in [9.17, 15) is 9.59 Å². The van der Waals surface area contributed by atoms with Crippen molar-refractivity contribution in [3.8, 4) is 0 Å². The molecule has 0 aliphatic carbocycles. The molecule has 108 valence electrons. The predicted octanol–water partition coefficient (Wildman–Crippen LogP) is 1.39. The smallest absolute Gasteiger partial charge is 0.256 e. The fourth-order valence-corrected chi connectivity index (χ4v) is 2.50. The molecule has 1 aromatic carbocycles. The molecule has 1 aromatic rings. The minimum Gasteiger partial charge on any atom is -0.324 e. The predicted molar refractivity (Wildman–Crippen MR) is 78.9 cm³/mol. The molecule has 0 aromatic heterocycles. The highest BCUT2D eigenvalue weighted by Crippen LogP contribution is 2.24. The Balaban J connectivity index is 0.000000704. The Morgan fingerprint density at radius 2 is 2.00 bits per heavy atom. The largest absolute Gasteiger partial charge is 0.324 e. The maximum Gasteiger partial charge on any atom is 0.256 e. The fraction of sp³-hybridized carbons (Fsp3) is 0.467. The molecule has 2 N–H and O–H groups in total. The zero-order valence-corrected chi connectivity index (χ0v) is 12.2. The van der Waals surface area contributed by atoms with Crippen LogP contribution in [0.3, 0.4) is 0 Å². The molecule has 2 aliphatic heterocycles. The molecule has 1 unspecified atom stereocenters. The molecule has 0 bridgehead atoms. The Hall–Kier alpha value is -1.88. The van der Waals surface area contributed by atoms with Crippen LogP contribution in [0.5, 0.6) is 0 Å².